The number of rotatable bonds is 0. The molecule has 4 rings (SSSR count). The highest BCUT2D eigenvalue weighted by Crippen LogP contribution is 2.71. The Morgan fingerprint density at radius 1 is 1.22 bits per heavy atom. The molecule has 2 saturated heterocycles. The first kappa shape index (κ1) is 15.3. The van der Waals surface area contributed by atoms with Gasteiger partial charge in [0.1, 0.15) is 18.3 Å². The molecule has 2 aliphatic carbocycles. The van der Waals surface area contributed by atoms with Gasteiger partial charge in [0.15, 0.2) is 6.10 Å². The Morgan fingerprint density at radius 3 is 2.52 bits per heavy atom. The summed E-state index contributed by atoms with van der Waals surface area (Å²) in [6.07, 6.45) is -4.17. The van der Waals surface area contributed by atoms with Gasteiger partial charge in [-0.2, -0.15) is 0 Å². The maximum absolute atomic E-state index is 12.2. The lowest BCUT2D eigenvalue weighted by Crippen LogP contribution is -2.82. The summed E-state index contributed by atoms with van der Waals surface area (Å²) >= 11 is 0. The fraction of sp³-hybridized carbons (Fsp3) is 0.867. The molecule has 8 atom stereocenters. The normalized spacial score (nSPS) is 60.8. The molecule has 0 unspecified atom stereocenters. The van der Waals surface area contributed by atoms with Crippen molar-refractivity contribution in [1.29, 1.82) is 0 Å². The third kappa shape index (κ3) is 1.18. The van der Waals surface area contributed by atoms with Crippen LogP contribution >= 0.6 is 0 Å². The van der Waals surface area contributed by atoms with Gasteiger partial charge in [-0.05, 0) is 25.7 Å². The first-order valence-electron chi connectivity index (χ1n) is 7.76. The van der Waals surface area contributed by atoms with Gasteiger partial charge in [0.25, 0.3) is 0 Å². The minimum atomic E-state index is -2.26. The molecule has 0 aromatic carbocycles. The van der Waals surface area contributed by atoms with Crippen molar-refractivity contribution in [3.63, 3.8) is 0 Å². The molecule has 2 heterocycles. The Bertz CT molecular complexity index is 621. The monoisotopic (exact) mass is 328 g/mol. The summed E-state index contributed by atoms with van der Waals surface area (Å²) in [6, 6.07) is 0. The van der Waals surface area contributed by atoms with Crippen LogP contribution in [-0.4, -0.2) is 68.5 Å². The molecule has 23 heavy (non-hydrogen) atoms. The van der Waals surface area contributed by atoms with Gasteiger partial charge < -0.3 is 29.9 Å². The quantitative estimate of drug-likeness (QED) is 0.379. The van der Waals surface area contributed by atoms with E-state index in [4.69, 9.17) is 9.47 Å². The summed E-state index contributed by atoms with van der Waals surface area (Å²) in [5.74, 6) is -2.40. The molecule has 1 spiro atoms. The number of aliphatic hydroxyl groups is 4. The van der Waals surface area contributed by atoms with Gasteiger partial charge in [-0.15, -0.1) is 0 Å². The first-order valence-corrected chi connectivity index (χ1v) is 7.76. The number of hydrogen-bond acceptors (Lipinski definition) is 8. The molecule has 2 bridgehead atoms. The number of ether oxygens (including phenoxy) is 2. The van der Waals surface area contributed by atoms with E-state index in [1.54, 1.807) is 6.92 Å². The lowest BCUT2D eigenvalue weighted by Gasteiger charge is -2.64. The number of cyclic esters (lactones) is 1. The smallest absolute Gasteiger partial charge is 0.342 e. The third-order valence-electron chi connectivity index (χ3n) is 7.09. The molecular formula is C15H20O8. The van der Waals surface area contributed by atoms with Gasteiger partial charge >= 0.3 is 11.9 Å². The summed E-state index contributed by atoms with van der Waals surface area (Å²) in [6.45, 7) is 2.84. The van der Waals surface area contributed by atoms with Gasteiger partial charge in [0.05, 0.1) is 11.5 Å². The van der Waals surface area contributed by atoms with Gasteiger partial charge in [-0.3, -0.25) is 0 Å². The van der Waals surface area contributed by atoms with Crippen molar-refractivity contribution < 1.29 is 39.5 Å². The molecule has 0 radical (unpaired) electrons. The fourth-order valence-corrected chi connectivity index (χ4v) is 5.77. The molecule has 2 saturated carbocycles. The Morgan fingerprint density at radius 2 is 1.87 bits per heavy atom. The molecule has 8 nitrogen and oxygen atoms in total. The zero-order valence-corrected chi connectivity index (χ0v) is 12.9. The van der Waals surface area contributed by atoms with Gasteiger partial charge in [0.2, 0.25) is 5.60 Å². The standard InChI is InChI=1S/C15H20O8/c1-6-3-7(16)15(21)12(2)5-22-11(19)14(12,20)8-4-13(6,15)9(17)10(18)23-8/h6-9,16-17,20-21H,3-5H2,1-2H3/t6-,7-,8-,9+,12-,13-,14-,15+/m1/s1. The van der Waals surface area contributed by atoms with Crippen molar-refractivity contribution in [3.05, 3.63) is 0 Å². The van der Waals surface area contributed by atoms with Crippen molar-refractivity contribution in [2.75, 3.05) is 6.61 Å². The van der Waals surface area contributed by atoms with E-state index in [2.05, 4.69) is 0 Å². The maximum Gasteiger partial charge on any atom is 0.342 e. The van der Waals surface area contributed by atoms with Crippen LogP contribution in [0.1, 0.15) is 26.7 Å². The van der Waals surface area contributed by atoms with E-state index in [0.29, 0.717) is 0 Å². The molecule has 0 aromatic heterocycles. The molecule has 128 valence electrons. The van der Waals surface area contributed by atoms with Gasteiger partial charge in [-0.1, -0.05) is 6.92 Å². The Balaban J connectivity index is 2.04. The van der Waals surface area contributed by atoms with Crippen LogP contribution in [0.3, 0.4) is 0 Å². The molecular weight excluding hydrogens is 308 g/mol. The summed E-state index contributed by atoms with van der Waals surface area (Å²) in [7, 11) is 0. The summed E-state index contributed by atoms with van der Waals surface area (Å²) in [5, 5.41) is 43.7. The second-order valence-corrected chi connectivity index (χ2v) is 7.67. The lowest BCUT2D eigenvalue weighted by molar-refractivity contribution is -0.333. The number of carbonyl (C=O) groups excluding carboxylic acids is 2. The van der Waals surface area contributed by atoms with Crippen LogP contribution in [0.2, 0.25) is 0 Å². The minimum absolute atomic E-state index is 0.115. The predicted octanol–water partition coefficient (Wildman–Crippen LogP) is -1.91. The Kier molecular flexibility index (Phi) is 2.58. The van der Waals surface area contributed by atoms with Crippen LogP contribution in [0, 0.1) is 16.7 Å². The second-order valence-electron chi connectivity index (χ2n) is 7.67. The zero-order valence-electron chi connectivity index (χ0n) is 12.9. The fourth-order valence-electron chi connectivity index (χ4n) is 5.77. The lowest BCUT2D eigenvalue weighted by atomic mass is 9.44. The second kappa shape index (κ2) is 3.88. The minimum Gasteiger partial charge on any atom is -0.463 e. The van der Waals surface area contributed by atoms with E-state index in [1.807, 2.05) is 0 Å². The number of hydrogen-bond donors (Lipinski definition) is 4. The number of carbonyl (C=O) groups is 2. The van der Waals surface area contributed by atoms with Crippen LogP contribution in [0.4, 0.5) is 0 Å². The van der Waals surface area contributed by atoms with E-state index in [-0.39, 0.29) is 19.4 Å². The molecule has 4 aliphatic rings. The van der Waals surface area contributed by atoms with Crippen LogP contribution in [0.25, 0.3) is 0 Å². The average Bonchev–Trinajstić information content (AvgIpc) is 2.85. The molecule has 0 amide bonds. The van der Waals surface area contributed by atoms with Gasteiger partial charge in [0, 0.05) is 5.41 Å². The topological polar surface area (TPSA) is 134 Å². The molecule has 4 N–H and O–H groups in total. The van der Waals surface area contributed by atoms with Crippen molar-refractivity contribution >= 4 is 11.9 Å². The third-order valence-corrected chi connectivity index (χ3v) is 7.09. The van der Waals surface area contributed by atoms with E-state index >= 15 is 0 Å². The Labute approximate surface area is 132 Å². The van der Waals surface area contributed by atoms with E-state index < -0.39 is 58.2 Å². The van der Waals surface area contributed by atoms with Crippen LogP contribution in [0.15, 0.2) is 0 Å². The van der Waals surface area contributed by atoms with Crippen molar-refractivity contribution in [1.82, 2.24) is 0 Å². The average molecular weight is 328 g/mol. The summed E-state index contributed by atoms with van der Waals surface area (Å²) in [5.41, 5.74) is -7.32. The molecule has 4 fully saturated rings. The van der Waals surface area contributed by atoms with Crippen LogP contribution in [-0.2, 0) is 19.1 Å². The molecule has 2 aliphatic heterocycles. The maximum atomic E-state index is 12.2. The largest absolute Gasteiger partial charge is 0.463 e. The van der Waals surface area contributed by atoms with E-state index in [0.717, 1.165) is 0 Å². The zero-order chi connectivity index (χ0) is 17.0. The first-order chi connectivity index (χ1) is 10.6. The van der Waals surface area contributed by atoms with Crippen molar-refractivity contribution in [2.24, 2.45) is 16.7 Å². The van der Waals surface area contributed by atoms with Crippen LogP contribution < -0.4 is 0 Å². The van der Waals surface area contributed by atoms with Crippen LogP contribution in [0.5, 0.6) is 0 Å². The number of aliphatic hydroxyl groups excluding tert-OH is 2. The van der Waals surface area contributed by atoms with Crippen molar-refractivity contribution in [2.45, 2.75) is 56.2 Å². The SMILES string of the molecule is C[C@@H]1C[C@@H](O)[C@@]2(O)[C@]13C[C@@H](OC(=O)[C@@H]3O)[C@@]1(O)C(=O)OC[C@@]21C. The number of fused-ring (bicyclic) bond motifs is 4. The highest BCUT2D eigenvalue weighted by atomic mass is 16.6. The predicted molar refractivity (Wildman–Crippen MR) is 71.7 cm³/mol. The summed E-state index contributed by atoms with van der Waals surface area (Å²) < 4.78 is 10.1. The number of esters is 2. The van der Waals surface area contributed by atoms with E-state index in [9.17, 15) is 30.0 Å². The Hall–Kier alpha value is -1.22. The highest BCUT2D eigenvalue weighted by molar-refractivity contribution is 5.87. The highest BCUT2D eigenvalue weighted by Gasteiger charge is 2.87. The van der Waals surface area contributed by atoms with Crippen molar-refractivity contribution in [3.8, 4) is 0 Å². The van der Waals surface area contributed by atoms with Gasteiger partial charge in [-0.25, -0.2) is 9.59 Å². The molecule has 0 aromatic rings. The van der Waals surface area contributed by atoms with E-state index in [1.165, 1.54) is 6.92 Å². The summed E-state index contributed by atoms with van der Waals surface area (Å²) in [4.78, 5) is 24.4. The molecule has 8 heteroatoms.